The maximum absolute atomic E-state index is 11.3. The molecule has 1 aromatic rings. The largest absolute Gasteiger partial charge is 0.550 e. The Morgan fingerprint density at radius 2 is 1.78 bits per heavy atom. The molecule has 1 aliphatic rings. The van der Waals surface area contributed by atoms with E-state index in [9.17, 15) is 9.90 Å². The van der Waals surface area contributed by atoms with Crippen molar-refractivity contribution in [2.24, 2.45) is 11.8 Å². The van der Waals surface area contributed by atoms with Gasteiger partial charge in [-0.3, -0.25) is 0 Å². The topological polar surface area (TPSA) is 40.1 Å². The van der Waals surface area contributed by atoms with Gasteiger partial charge in [0.2, 0.25) is 0 Å². The molecule has 0 N–H and O–H groups in total. The number of carboxylic acids is 1. The van der Waals surface area contributed by atoms with Crippen molar-refractivity contribution >= 4 is 37.8 Å². The van der Waals surface area contributed by atoms with Gasteiger partial charge in [0.1, 0.15) is 0 Å². The third kappa shape index (κ3) is 3.35. The lowest BCUT2D eigenvalue weighted by atomic mass is 9.76. The molecule has 2 nitrogen and oxygen atoms in total. The van der Waals surface area contributed by atoms with E-state index in [2.05, 4.69) is 44.0 Å². The molecular weight excluding hydrogens is 360 g/mol. The Morgan fingerprint density at radius 1 is 1.17 bits per heavy atom. The van der Waals surface area contributed by atoms with Crippen molar-refractivity contribution in [1.29, 1.82) is 0 Å². The molecule has 0 amide bonds. The van der Waals surface area contributed by atoms with Crippen LogP contribution >= 0.6 is 31.9 Å². The summed E-state index contributed by atoms with van der Waals surface area (Å²) in [5.41, 5.74) is 1.20. The highest BCUT2D eigenvalue weighted by Gasteiger charge is 2.35. The van der Waals surface area contributed by atoms with Crippen LogP contribution in [-0.4, -0.2) is 15.6 Å². The van der Waals surface area contributed by atoms with Gasteiger partial charge in [-0.15, -0.1) is 0 Å². The molecule has 0 spiro atoms. The second-order valence-corrected chi connectivity index (χ2v) is 7.23. The van der Waals surface area contributed by atoms with E-state index in [1.807, 2.05) is 18.2 Å². The third-order valence-corrected chi connectivity index (χ3v) is 6.35. The number of halogens is 2. The van der Waals surface area contributed by atoms with Crippen LogP contribution in [0.3, 0.4) is 0 Å². The molecule has 1 saturated carbocycles. The predicted octanol–water partition coefficient (Wildman–Crippen LogP) is 2.53. The molecule has 1 fully saturated rings. The van der Waals surface area contributed by atoms with Crippen LogP contribution in [0.4, 0.5) is 0 Å². The molecule has 4 atom stereocenters. The second-order valence-electron chi connectivity index (χ2n) is 4.88. The summed E-state index contributed by atoms with van der Waals surface area (Å²) in [5.74, 6) is -1.13. The van der Waals surface area contributed by atoms with Gasteiger partial charge in [-0.2, -0.15) is 0 Å². The molecule has 0 aromatic heterocycles. The van der Waals surface area contributed by atoms with E-state index in [-0.39, 0.29) is 16.7 Å². The first kappa shape index (κ1) is 14.1. The number of benzene rings is 1. The first-order chi connectivity index (χ1) is 8.58. The van der Waals surface area contributed by atoms with Crippen LogP contribution in [0.15, 0.2) is 30.3 Å². The fourth-order valence-corrected chi connectivity index (χ4v) is 3.93. The van der Waals surface area contributed by atoms with Gasteiger partial charge in [-0.25, -0.2) is 0 Å². The van der Waals surface area contributed by atoms with Crippen molar-refractivity contribution < 1.29 is 9.90 Å². The Labute approximate surface area is 124 Å². The lowest BCUT2D eigenvalue weighted by Crippen LogP contribution is -2.43. The van der Waals surface area contributed by atoms with Crippen LogP contribution in [0.1, 0.15) is 18.4 Å². The van der Waals surface area contributed by atoms with E-state index in [0.717, 1.165) is 12.8 Å². The minimum atomic E-state index is -0.917. The quantitative estimate of drug-likeness (QED) is 0.762. The van der Waals surface area contributed by atoms with Crippen molar-refractivity contribution in [2.45, 2.75) is 28.9 Å². The monoisotopic (exact) mass is 373 g/mol. The van der Waals surface area contributed by atoms with Gasteiger partial charge in [0.15, 0.2) is 0 Å². The fraction of sp³-hybridized carbons (Fsp3) is 0.500. The summed E-state index contributed by atoms with van der Waals surface area (Å²) in [5, 5.41) is 11.3. The predicted molar refractivity (Wildman–Crippen MR) is 76.8 cm³/mol. The van der Waals surface area contributed by atoms with Crippen LogP contribution in [-0.2, 0) is 11.2 Å². The Hall–Kier alpha value is -0.350. The lowest BCUT2D eigenvalue weighted by molar-refractivity contribution is -0.314. The van der Waals surface area contributed by atoms with Crippen molar-refractivity contribution in [1.82, 2.24) is 0 Å². The summed E-state index contributed by atoms with van der Waals surface area (Å²) in [4.78, 5) is 11.8. The van der Waals surface area contributed by atoms with Gasteiger partial charge < -0.3 is 9.90 Å². The molecule has 0 heterocycles. The van der Waals surface area contributed by atoms with Crippen LogP contribution in [0.2, 0.25) is 0 Å². The van der Waals surface area contributed by atoms with Gasteiger partial charge in [0.25, 0.3) is 0 Å². The highest BCUT2D eigenvalue weighted by molar-refractivity contribution is 9.12. The Kier molecular flexibility index (Phi) is 4.84. The normalized spacial score (nSPS) is 32.1. The van der Waals surface area contributed by atoms with Crippen molar-refractivity contribution in [3.05, 3.63) is 35.9 Å². The molecule has 1 aromatic carbocycles. The average Bonchev–Trinajstić information content (AvgIpc) is 2.34. The Bertz CT molecular complexity index is 408. The Balaban J connectivity index is 2.11. The van der Waals surface area contributed by atoms with Crippen molar-refractivity contribution in [3.8, 4) is 0 Å². The average molecular weight is 375 g/mol. The highest BCUT2D eigenvalue weighted by Crippen LogP contribution is 2.39. The summed E-state index contributed by atoms with van der Waals surface area (Å²) in [6.07, 6.45) is 2.31. The standard InChI is InChI=1S/C14H16Br2O2/c15-12-7-10(6-9-4-2-1-3-5-9)11(14(17)18)8-13(12)16/h1-5,10-13H,6-8H2,(H,17,18)/p-1/t10-,11+,12+,13-/m1/s1. The number of carboxylic acid groups (broad SMARTS) is 1. The second kappa shape index (κ2) is 6.20. The zero-order chi connectivity index (χ0) is 13.1. The zero-order valence-electron chi connectivity index (χ0n) is 9.89. The van der Waals surface area contributed by atoms with Crippen LogP contribution < -0.4 is 5.11 Å². The van der Waals surface area contributed by atoms with Crippen molar-refractivity contribution in [2.75, 3.05) is 0 Å². The molecule has 18 heavy (non-hydrogen) atoms. The summed E-state index contributed by atoms with van der Waals surface area (Å²) >= 11 is 7.16. The molecule has 4 heteroatoms. The first-order valence-electron chi connectivity index (χ1n) is 6.11. The summed E-state index contributed by atoms with van der Waals surface area (Å²) in [6, 6.07) is 10.1. The molecule has 0 unspecified atom stereocenters. The molecule has 1 aliphatic carbocycles. The van der Waals surface area contributed by atoms with E-state index < -0.39 is 5.97 Å². The van der Waals surface area contributed by atoms with E-state index >= 15 is 0 Å². The number of aliphatic carboxylic acids is 1. The van der Waals surface area contributed by atoms with Crippen LogP contribution in [0.5, 0.6) is 0 Å². The molecular formula is C14H15Br2O2-. The van der Waals surface area contributed by atoms with Gasteiger partial charge in [0.05, 0.1) is 0 Å². The van der Waals surface area contributed by atoms with E-state index in [1.165, 1.54) is 5.56 Å². The minimum absolute atomic E-state index is 0.149. The maximum atomic E-state index is 11.3. The zero-order valence-corrected chi connectivity index (χ0v) is 13.1. The van der Waals surface area contributed by atoms with E-state index in [0.29, 0.717) is 11.2 Å². The summed E-state index contributed by atoms with van der Waals surface area (Å²) < 4.78 is 0. The Morgan fingerprint density at radius 3 is 2.39 bits per heavy atom. The maximum Gasteiger partial charge on any atom is 0.0448 e. The minimum Gasteiger partial charge on any atom is -0.550 e. The number of rotatable bonds is 3. The van der Waals surface area contributed by atoms with E-state index in [4.69, 9.17) is 0 Å². The van der Waals surface area contributed by atoms with Gasteiger partial charge in [-0.05, 0) is 30.7 Å². The number of hydrogen-bond donors (Lipinski definition) is 0. The molecule has 2 rings (SSSR count). The SMILES string of the molecule is O=C([O-])[C@H]1C[C@@H](Br)[C@@H](Br)C[C@H]1Cc1ccccc1. The molecule has 0 aliphatic heterocycles. The summed E-state index contributed by atoms with van der Waals surface area (Å²) in [6.45, 7) is 0. The third-order valence-electron chi connectivity index (χ3n) is 3.61. The molecule has 0 saturated heterocycles. The van der Waals surface area contributed by atoms with Gasteiger partial charge >= 0.3 is 0 Å². The van der Waals surface area contributed by atoms with Crippen LogP contribution in [0, 0.1) is 11.8 Å². The first-order valence-corrected chi connectivity index (χ1v) is 7.94. The van der Waals surface area contributed by atoms with E-state index in [1.54, 1.807) is 0 Å². The lowest BCUT2D eigenvalue weighted by Gasteiger charge is -2.37. The van der Waals surface area contributed by atoms with Crippen molar-refractivity contribution in [3.63, 3.8) is 0 Å². The molecule has 98 valence electrons. The highest BCUT2D eigenvalue weighted by atomic mass is 79.9. The van der Waals surface area contributed by atoms with Crippen LogP contribution in [0.25, 0.3) is 0 Å². The number of alkyl halides is 2. The van der Waals surface area contributed by atoms with Gasteiger partial charge in [0, 0.05) is 21.5 Å². The number of hydrogen-bond acceptors (Lipinski definition) is 2. The molecule has 0 bridgehead atoms. The summed E-state index contributed by atoms with van der Waals surface area (Å²) in [7, 11) is 0. The molecule has 0 radical (unpaired) electrons. The van der Waals surface area contributed by atoms with Gasteiger partial charge in [-0.1, -0.05) is 62.2 Å². The number of carbonyl (C=O) groups is 1. The number of carbonyl (C=O) groups excluding carboxylic acids is 1. The smallest absolute Gasteiger partial charge is 0.0448 e. The fourth-order valence-electron chi connectivity index (χ4n) is 2.61.